The molecule has 25 heavy (non-hydrogen) atoms. The highest BCUT2D eigenvalue weighted by atomic mass is 16.5. The third-order valence-electron chi connectivity index (χ3n) is 4.72. The monoisotopic (exact) mass is 337 g/mol. The second-order valence-electron chi connectivity index (χ2n) is 6.51. The Morgan fingerprint density at radius 3 is 2.92 bits per heavy atom. The molecule has 0 aliphatic carbocycles. The van der Waals surface area contributed by atoms with Crippen LogP contribution in [0.2, 0.25) is 0 Å². The fraction of sp³-hybridized carbons (Fsp3) is 0.368. The molecule has 0 spiro atoms. The molecule has 6 heteroatoms. The lowest BCUT2D eigenvalue weighted by Crippen LogP contribution is -2.16. The predicted molar refractivity (Wildman–Crippen MR) is 96.5 cm³/mol. The molecule has 0 saturated carbocycles. The van der Waals surface area contributed by atoms with Crippen LogP contribution >= 0.6 is 0 Å². The van der Waals surface area contributed by atoms with Crippen LogP contribution in [-0.2, 0) is 6.54 Å². The van der Waals surface area contributed by atoms with Crippen molar-refractivity contribution < 1.29 is 4.74 Å². The molecular weight excluding hydrogens is 314 g/mol. The van der Waals surface area contributed by atoms with Crippen molar-refractivity contribution in [2.24, 2.45) is 0 Å². The van der Waals surface area contributed by atoms with Gasteiger partial charge in [-0.1, -0.05) is 12.1 Å². The standard InChI is InChI=1S/C19H23N5O/c1-22-9-6-16(14-22)24-11-8-21-19(24)17-4-2-3-5-18(17)25-13-12-23-10-7-20-15-23/h2-5,7-8,10-11,15-16H,6,9,12-14H2,1H3. The lowest BCUT2D eigenvalue weighted by Gasteiger charge is -2.17. The first-order valence-corrected chi connectivity index (χ1v) is 8.70. The summed E-state index contributed by atoms with van der Waals surface area (Å²) in [5, 5.41) is 0. The van der Waals surface area contributed by atoms with Crippen LogP contribution in [0.4, 0.5) is 0 Å². The van der Waals surface area contributed by atoms with Crippen molar-refractivity contribution in [1.82, 2.24) is 24.0 Å². The lowest BCUT2D eigenvalue weighted by atomic mass is 10.1. The van der Waals surface area contributed by atoms with Gasteiger partial charge in [-0.2, -0.15) is 0 Å². The predicted octanol–water partition coefficient (Wildman–Crippen LogP) is 2.70. The zero-order chi connectivity index (χ0) is 17.1. The van der Waals surface area contributed by atoms with Crippen LogP contribution in [0.25, 0.3) is 11.4 Å². The molecule has 130 valence electrons. The molecule has 6 nitrogen and oxygen atoms in total. The summed E-state index contributed by atoms with van der Waals surface area (Å²) in [6.07, 6.45) is 10.7. The smallest absolute Gasteiger partial charge is 0.143 e. The van der Waals surface area contributed by atoms with Crippen LogP contribution in [0.5, 0.6) is 5.75 Å². The van der Waals surface area contributed by atoms with Crippen molar-refractivity contribution in [2.75, 3.05) is 26.7 Å². The second-order valence-corrected chi connectivity index (χ2v) is 6.51. The van der Waals surface area contributed by atoms with E-state index in [-0.39, 0.29) is 0 Å². The maximum atomic E-state index is 6.06. The van der Waals surface area contributed by atoms with E-state index in [0.717, 1.165) is 43.2 Å². The number of likely N-dealkylation sites (N-methyl/N-ethyl adjacent to an activating group) is 1. The number of ether oxygens (including phenoxy) is 1. The SMILES string of the molecule is CN1CCC(n2ccnc2-c2ccccc2OCCn2ccnc2)C1. The van der Waals surface area contributed by atoms with E-state index in [9.17, 15) is 0 Å². The van der Waals surface area contributed by atoms with Gasteiger partial charge >= 0.3 is 0 Å². The molecule has 0 N–H and O–H groups in total. The maximum Gasteiger partial charge on any atom is 0.143 e. The first-order chi connectivity index (χ1) is 12.3. The summed E-state index contributed by atoms with van der Waals surface area (Å²) in [7, 11) is 2.17. The highest BCUT2D eigenvalue weighted by Crippen LogP contribution is 2.32. The van der Waals surface area contributed by atoms with Crippen molar-refractivity contribution in [3.05, 3.63) is 55.4 Å². The van der Waals surface area contributed by atoms with Crippen molar-refractivity contribution in [2.45, 2.75) is 19.0 Å². The summed E-state index contributed by atoms with van der Waals surface area (Å²) in [6.45, 7) is 3.56. The van der Waals surface area contributed by atoms with Gasteiger partial charge in [0.1, 0.15) is 18.2 Å². The largest absolute Gasteiger partial charge is 0.491 e. The summed E-state index contributed by atoms with van der Waals surface area (Å²) in [5.41, 5.74) is 1.05. The van der Waals surface area contributed by atoms with E-state index in [1.165, 1.54) is 0 Å². The highest BCUT2D eigenvalue weighted by Gasteiger charge is 2.24. The number of likely N-dealkylation sites (tertiary alicyclic amines) is 1. The normalized spacial score (nSPS) is 17.9. The van der Waals surface area contributed by atoms with Gasteiger partial charge in [-0.05, 0) is 32.1 Å². The summed E-state index contributed by atoms with van der Waals surface area (Å²) in [4.78, 5) is 11.0. The summed E-state index contributed by atoms with van der Waals surface area (Å²) >= 11 is 0. The van der Waals surface area contributed by atoms with Crippen LogP contribution in [0, 0.1) is 0 Å². The van der Waals surface area contributed by atoms with E-state index in [1.54, 1.807) is 12.5 Å². The van der Waals surface area contributed by atoms with E-state index in [2.05, 4.69) is 38.7 Å². The Balaban J connectivity index is 1.54. The van der Waals surface area contributed by atoms with Gasteiger partial charge in [0.05, 0.1) is 18.4 Å². The van der Waals surface area contributed by atoms with Crippen LogP contribution in [-0.4, -0.2) is 50.7 Å². The third kappa shape index (κ3) is 3.44. The molecule has 1 atom stereocenters. The molecule has 3 heterocycles. The topological polar surface area (TPSA) is 48.1 Å². The lowest BCUT2D eigenvalue weighted by molar-refractivity contribution is 0.299. The van der Waals surface area contributed by atoms with Crippen LogP contribution in [0.15, 0.2) is 55.4 Å². The Morgan fingerprint density at radius 2 is 2.12 bits per heavy atom. The molecule has 0 bridgehead atoms. The number of nitrogens with zero attached hydrogens (tertiary/aromatic N) is 5. The number of imidazole rings is 2. The average molecular weight is 337 g/mol. The number of hydrogen-bond donors (Lipinski definition) is 0. The molecule has 1 saturated heterocycles. The quantitative estimate of drug-likeness (QED) is 0.694. The first-order valence-electron chi connectivity index (χ1n) is 8.70. The molecule has 1 unspecified atom stereocenters. The Hall–Kier alpha value is -2.60. The Labute approximate surface area is 147 Å². The fourth-order valence-corrected chi connectivity index (χ4v) is 3.41. The number of para-hydroxylation sites is 1. The molecular formula is C19H23N5O. The van der Waals surface area contributed by atoms with E-state index >= 15 is 0 Å². The fourth-order valence-electron chi connectivity index (χ4n) is 3.41. The summed E-state index contributed by atoms with van der Waals surface area (Å²) < 4.78 is 10.4. The zero-order valence-corrected chi connectivity index (χ0v) is 14.5. The van der Waals surface area contributed by atoms with Crippen molar-refractivity contribution in [3.63, 3.8) is 0 Å². The molecule has 1 fully saturated rings. The molecule has 0 amide bonds. The van der Waals surface area contributed by atoms with Gasteiger partial charge in [-0.3, -0.25) is 0 Å². The maximum absolute atomic E-state index is 6.06. The molecule has 3 aromatic rings. The Kier molecular flexibility index (Phi) is 4.52. The molecule has 1 aliphatic rings. The summed E-state index contributed by atoms with van der Waals surface area (Å²) in [5.74, 6) is 1.86. The van der Waals surface area contributed by atoms with Gasteiger partial charge in [0.2, 0.25) is 0 Å². The summed E-state index contributed by atoms with van der Waals surface area (Å²) in [6, 6.07) is 8.62. The van der Waals surface area contributed by atoms with Gasteiger partial charge in [0.15, 0.2) is 0 Å². The molecule has 1 aliphatic heterocycles. The minimum absolute atomic E-state index is 0.474. The van der Waals surface area contributed by atoms with E-state index < -0.39 is 0 Å². The Morgan fingerprint density at radius 1 is 1.20 bits per heavy atom. The Bertz CT molecular complexity index is 811. The van der Waals surface area contributed by atoms with Crippen LogP contribution in [0.3, 0.4) is 0 Å². The van der Waals surface area contributed by atoms with E-state index in [0.29, 0.717) is 12.6 Å². The minimum atomic E-state index is 0.474. The van der Waals surface area contributed by atoms with Gasteiger partial charge < -0.3 is 18.8 Å². The second kappa shape index (κ2) is 7.11. The molecule has 0 radical (unpaired) electrons. The number of aromatic nitrogens is 4. The molecule has 1 aromatic carbocycles. The van der Waals surface area contributed by atoms with E-state index in [1.807, 2.05) is 35.2 Å². The van der Waals surface area contributed by atoms with Crippen LogP contribution in [0.1, 0.15) is 12.5 Å². The molecule has 2 aromatic heterocycles. The van der Waals surface area contributed by atoms with Crippen LogP contribution < -0.4 is 4.74 Å². The highest BCUT2D eigenvalue weighted by molar-refractivity contribution is 5.64. The van der Waals surface area contributed by atoms with Crippen molar-refractivity contribution >= 4 is 0 Å². The number of benzene rings is 1. The van der Waals surface area contributed by atoms with E-state index in [4.69, 9.17) is 4.74 Å². The zero-order valence-electron chi connectivity index (χ0n) is 14.5. The first kappa shape index (κ1) is 15.9. The van der Waals surface area contributed by atoms with Crippen molar-refractivity contribution in [3.8, 4) is 17.1 Å². The van der Waals surface area contributed by atoms with Gasteiger partial charge in [-0.25, -0.2) is 9.97 Å². The van der Waals surface area contributed by atoms with Gasteiger partial charge in [-0.15, -0.1) is 0 Å². The van der Waals surface area contributed by atoms with Crippen molar-refractivity contribution in [1.29, 1.82) is 0 Å². The molecule has 4 rings (SSSR count). The number of rotatable bonds is 6. The minimum Gasteiger partial charge on any atom is -0.491 e. The third-order valence-corrected chi connectivity index (χ3v) is 4.72. The average Bonchev–Trinajstić information content (AvgIpc) is 3.36. The van der Waals surface area contributed by atoms with Gasteiger partial charge in [0.25, 0.3) is 0 Å². The number of hydrogen-bond acceptors (Lipinski definition) is 4. The van der Waals surface area contributed by atoms with Gasteiger partial charge in [0, 0.05) is 37.4 Å².